The van der Waals surface area contributed by atoms with Crippen molar-refractivity contribution in [2.24, 2.45) is 0 Å². The smallest absolute Gasteiger partial charge is 0.0547 e. The zero-order chi connectivity index (χ0) is 38.4. The molecule has 11 aromatic rings. The Balaban J connectivity index is 0.978. The number of nitrogens with zero attached hydrogens (tertiary/aromatic N) is 2. The minimum Gasteiger partial charge on any atom is -0.310 e. The highest BCUT2D eigenvalue weighted by atomic mass is 15.1. The third-order valence-corrected chi connectivity index (χ3v) is 11.5. The first-order valence-corrected chi connectivity index (χ1v) is 19.9. The Kier molecular flexibility index (Phi) is 8.19. The number of anilines is 3. The second-order valence-electron chi connectivity index (χ2n) is 15.0. The number of fused-ring (bicyclic) bond motifs is 5. The van der Waals surface area contributed by atoms with Crippen molar-refractivity contribution in [2.45, 2.75) is 0 Å². The van der Waals surface area contributed by atoms with E-state index in [9.17, 15) is 0 Å². The first-order chi connectivity index (χ1) is 28.7. The van der Waals surface area contributed by atoms with Gasteiger partial charge in [0.15, 0.2) is 0 Å². The van der Waals surface area contributed by atoms with Crippen molar-refractivity contribution in [1.82, 2.24) is 4.57 Å². The summed E-state index contributed by atoms with van der Waals surface area (Å²) in [4.78, 5) is 2.35. The van der Waals surface area contributed by atoms with Gasteiger partial charge in [-0.2, -0.15) is 0 Å². The number of aromatic nitrogens is 1. The maximum Gasteiger partial charge on any atom is 0.0547 e. The van der Waals surface area contributed by atoms with Crippen LogP contribution in [0, 0.1) is 0 Å². The molecule has 0 saturated carbocycles. The van der Waals surface area contributed by atoms with Crippen LogP contribution < -0.4 is 4.90 Å². The summed E-state index contributed by atoms with van der Waals surface area (Å²) < 4.78 is 2.42. The number of benzene rings is 10. The minimum absolute atomic E-state index is 1.10. The highest BCUT2D eigenvalue weighted by molar-refractivity contribution is 6.13. The van der Waals surface area contributed by atoms with Crippen molar-refractivity contribution in [3.8, 4) is 39.1 Å². The fourth-order valence-corrected chi connectivity index (χ4v) is 8.62. The quantitative estimate of drug-likeness (QED) is 0.158. The van der Waals surface area contributed by atoms with Crippen LogP contribution in [-0.4, -0.2) is 4.57 Å². The van der Waals surface area contributed by atoms with Gasteiger partial charge in [-0.05, 0) is 128 Å². The van der Waals surface area contributed by atoms with Crippen LogP contribution in [0.4, 0.5) is 17.1 Å². The lowest BCUT2D eigenvalue weighted by Crippen LogP contribution is -2.10. The summed E-state index contributed by atoms with van der Waals surface area (Å²) in [5.74, 6) is 0. The predicted octanol–water partition coefficient (Wildman–Crippen LogP) is 15.6. The van der Waals surface area contributed by atoms with Gasteiger partial charge in [0.2, 0.25) is 0 Å². The molecule has 58 heavy (non-hydrogen) atoms. The number of hydrogen-bond acceptors (Lipinski definition) is 1. The maximum absolute atomic E-state index is 2.42. The zero-order valence-corrected chi connectivity index (χ0v) is 31.8. The number of hydrogen-bond donors (Lipinski definition) is 0. The highest BCUT2D eigenvalue weighted by Gasteiger charge is 2.16. The summed E-state index contributed by atoms with van der Waals surface area (Å²) in [6, 6.07) is 83.7. The average molecular weight is 739 g/mol. The van der Waals surface area contributed by atoms with Gasteiger partial charge in [-0.15, -0.1) is 0 Å². The normalized spacial score (nSPS) is 11.4. The summed E-state index contributed by atoms with van der Waals surface area (Å²) in [5.41, 5.74) is 14.1. The zero-order valence-electron chi connectivity index (χ0n) is 31.8. The van der Waals surface area contributed by atoms with Gasteiger partial charge in [-0.1, -0.05) is 158 Å². The van der Waals surface area contributed by atoms with E-state index in [0.717, 1.165) is 22.7 Å². The van der Waals surface area contributed by atoms with E-state index in [1.165, 1.54) is 76.7 Å². The molecule has 1 aromatic heterocycles. The van der Waals surface area contributed by atoms with Gasteiger partial charge in [0.1, 0.15) is 0 Å². The third kappa shape index (κ3) is 6.00. The van der Waals surface area contributed by atoms with Crippen LogP contribution in [0.3, 0.4) is 0 Å². The first-order valence-electron chi connectivity index (χ1n) is 19.9. The Hall–Kier alpha value is -7.68. The standard InChI is InChI=1S/C56H38N2/c1-3-12-39(13-4-1)41-24-29-49(30-25-41)57(51-19-11-18-44(35-51)40-14-5-2-6-15-40)50-31-26-42(27-32-50)47-23-22-43-28-33-52(36-48(43)34-47)58-55-21-10-9-20-53(55)54-37-45-16-7-8-17-46(45)38-56(54)58/h1-38H. The van der Waals surface area contributed by atoms with Gasteiger partial charge in [0.25, 0.3) is 0 Å². The molecule has 0 amide bonds. The van der Waals surface area contributed by atoms with E-state index in [-0.39, 0.29) is 0 Å². The summed E-state index contributed by atoms with van der Waals surface area (Å²) in [6.07, 6.45) is 0. The lowest BCUT2D eigenvalue weighted by atomic mass is 10.00. The van der Waals surface area contributed by atoms with Crippen molar-refractivity contribution >= 4 is 60.4 Å². The fourth-order valence-electron chi connectivity index (χ4n) is 8.62. The lowest BCUT2D eigenvalue weighted by molar-refractivity contribution is 1.19. The van der Waals surface area contributed by atoms with E-state index >= 15 is 0 Å². The second kappa shape index (κ2) is 14.1. The molecule has 0 bridgehead atoms. The molecule has 0 radical (unpaired) electrons. The van der Waals surface area contributed by atoms with Gasteiger partial charge in [-0.25, -0.2) is 0 Å². The van der Waals surface area contributed by atoms with Gasteiger partial charge in [0.05, 0.1) is 11.0 Å². The molecule has 0 atom stereocenters. The Bertz CT molecular complexity index is 3250. The lowest BCUT2D eigenvalue weighted by Gasteiger charge is -2.26. The first kappa shape index (κ1) is 33.6. The summed E-state index contributed by atoms with van der Waals surface area (Å²) in [6.45, 7) is 0. The second-order valence-corrected chi connectivity index (χ2v) is 15.0. The van der Waals surface area contributed by atoms with Crippen molar-refractivity contribution in [3.05, 3.63) is 231 Å². The Morgan fingerprint density at radius 3 is 1.52 bits per heavy atom. The van der Waals surface area contributed by atoms with E-state index < -0.39 is 0 Å². The monoisotopic (exact) mass is 738 g/mol. The maximum atomic E-state index is 2.42. The molecule has 2 heteroatoms. The molecule has 0 aliphatic carbocycles. The topological polar surface area (TPSA) is 8.17 Å². The van der Waals surface area contributed by atoms with Gasteiger partial charge >= 0.3 is 0 Å². The SMILES string of the molecule is c1ccc(-c2ccc(N(c3ccc(-c4ccc5ccc(-n6c7ccccc7c7cc8ccccc8cc76)cc5c4)cc3)c3cccc(-c4ccccc4)c3)cc2)cc1. The third-order valence-electron chi connectivity index (χ3n) is 11.5. The molecule has 0 saturated heterocycles. The molecule has 0 spiro atoms. The van der Waals surface area contributed by atoms with Gasteiger partial charge in [0, 0.05) is 33.5 Å². The van der Waals surface area contributed by atoms with Crippen LogP contribution in [0.5, 0.6) is 0 Å². The van der Waals surface area contributed by atoms with Gasteiger partial charge < -0.3 is 9.47 Å². The van der Waals surface area contributed by atoms with Crippen LogP contribution in [-0.2, 0) is 0 Å². The van der Waals surface area contributed by atoms with E-state index in [4.69, 9.17) is 0 Å². The Morgan fingerprint density at radius 1 is 0.259 bits per heavy atom. The summed E-state index contributed by atoms with van der Waals surface area (Å²) in [7, 11) is 0. The molecule has 1 heterocycles. The van der Waals surface area contributed by atoms with Crippen molar-refractivity contribution in [1.29, 1.82) is 0 Å². The van der Waals surface area contributed by atoms with Crippen molar-refractivity contribution < 1.29 is 0 Å². The molecule has 0 unspecified atom stereocenters. The fraction of sp³-hybridized carbons (Fsp3) is 0. The summed E-state index contributed by atoms with van der Waals surface area (Å²) >= 11 is 0. The van der Waals surface area contributed by atoms with E-state index in [1.54, 1.807) is 0 Å². The predicted molar refractivity (Wildman–Crippen MR) is 247 cm³/mol. The highest BCUT2D eigenvalue weighted by Crippen LogP contribution is 2.40. The number of para-hydroxylation sites is 1. The largest absolute Gasteiger partial charge is 0.310 e. The summed E-state index contributed by atoms with van der Waals surface area (Å²) in [5, 5.41) is 7.48. The van der Waals surface area contributed by atoms with Crippen LogP contribution >= 0.6 is 0 Å². The van der Waals surface area contributed by atoms with E-state index in [0.29, 0.717) is 0 Å². The van der Waals surface area contributed by atoms with Crippen LogP contribution in [0.2, 0.25) is 0 Å². The molecule has 272 valence electrons. The number of rotatable bonds is 7. The molecular weight excluding hydrogens is 701 g/mol. The molecular formula is C56H38N2. The Morgan fingerprint density at radius 2 is 0.793 bits per heavy atom. The van der Waals surface area contributed by atoms with E-state index in [1.807, 2.05) is 0 Å². The average Bonchev–Trinajstić information content (AvgIpc) is 3.62. The van der Waals surface area contributed by atoms with Crippen LogP contribution in [0.15, 0.2) is 231 Å². The van der Waals surface area contributed by atoms with Crippen LogP contribution in [0.1, 0.15) is 0 Å². The van der Waals surface area contributed by atoms with Crippen molar-refractivity contribution in [2.75, 3.05) is 4.90 Å². The van der Waals surface area contributed by atoms with Crippen LogP contribution in [0.25, 0.3) is 82.4 Å². The van der Waals surface area contributed by atoms with Crippen molar-refractivity contribution in [3.63, 3.8) is 0 Å². The molecule has 0 aliphatic rings. The van der Waals surface area contributed by atoms with Gasteiger partial charge in [-0.3, -0.25) is 0 Å². The molecule has 2 nitrogen and oxygen atoms in total. The molecule has 10 aromatic carbocycles. The molecule has 0 fully saturated rings. The molecule has 0 N–H and O–H groups in total. The molecule has 11 rings (SSSR count). The minimum atomic E-state index is 1.10. The molecule has 0 aliphatic heterocycles. The van der Waals surface area contributed by atoms with E-state index in [2.05, 4.69) is 240 Å². The Labute approximate surface area is 338 Å².